The maximum Gasteiger partial charge on any atom is 0.319 e. The number of nitrogens with one attached hydrogen (secondary N) is 2. The van der Waals surface area contributed by atoms with Gasteiger partial charge in [0.05, 0.1) is 10.6 Å². The van der Waals surface area contributed by atoms with Crippen LogP contribution < -0.4 is 10.6 Å². The molecule has 2 rings (SSSR count). The summed E-state index contributed by atoms with van der Waals surface area (Å²) in [5.41, 5.74) is -1.31. The highest BCUT2D eigenvalue weighted by Gasteiger charge is 2.22. The van der Waals surface area contributed by atoms with Crippen LogP contribution in [0, 0.1) is 21.7 Å². The van der Waals surface area contributed by atoms with Crippen LogP contribution in [0.15, 0.2) is 12.1 Å². The third-order valence-corrected chi connectivity index (χ3v) is 2.92. The number of nitro groups is 1. The molecule has 1 aromatic rings. The van der Waals surface area contributed by atoms with Gasteiger partial charge in [-0.15, -0.1) is 0 Å². The Labute approximate surface area is 106 Å². The molecule has 2 amide bonds. The number of nitrogens with zero attached hydrogens (tertiary/aromatic N) is 1. The number of hydrogen-bond donors (Lipinski definition) is 2. The van der Waals surface area contributed by atoms with Gasteiger partial charge in [0.25, 0.3) is 0 Å². The summed E-state index contributed by atoms with van der Waals surface area (Å²) in [5, 5.41) is 15.2. The Morgan fingerprint density at radius 3 is 2.53 bits per heavy atom. The van der Waals surface area contributed by atoms with Crippen molar-refractivity contribution in [3.8, 4) is 0 Å². The van der Waals surface area contributed by atoms with E-state index in [1.807, 2.05) is 0 Å². The van der Waals surface area contributed by atoms with Crippen LogP contribution in [0.4, 0.5) is 25.0 Å². The first-order valence-electron chi connectivity index (χ1n) is 5.68. The van der Waals surface area contributed by atoms with Gasteiger partial charge in [-0.25, -0.2) is 9.18 Å². The predicted molar refractivity (Wildman–Crippen MR) is 62.8 cm³/mol. The molecule has 19 heavy (non-hydrogen) atoms. The van der Waals surface area contributed by atoms with Crippen molar-refractivity contribution in [2.45, 2.75) is 25.3 Å². The molecule has 102 valence electrons. The summed E-state index contributed by atoms with van der Waals surface area (Å²) >= 11 is 0. The molecule has 1 aromatic carbocycles. The molecule has 1 aliphatic rings. The summed E-state index contributed by atoms with van der Waals surface area (Å²) in [6.07, 6.45) is 2.71. The van der Waals surface area contributed by atoms with Crippen molar-refractivity contribution in [3.05, 3.63) is 33.9 Å². The molecule has 0 aliphatic heterocycles. The smallest absolute Gasteiger partial charge is 0.319 e. The average molecular weight is 271 g/mol. The minimum absolute atomic E-state index is 0.0403. The van der Waals surface area contributed by atoms with E-state index < -0.39 is 34.0 Å². The summed E-state index contributed by atoms with van der Waals surface area (Å²) in [4.78, 5) is 21.0. The molecule has 1 saturated carbocycles. The van der Waals surface area contributed by atoms with Crippen LogP contribution in [-0.2, 0) is 0 Å². The van der Waals surface area contributed by atoms with Crippen molar-refractivity contribution in [1.82, 2.24) is 5.32 Å². The molecular formula is C11H11F2N3O3. The quantitative estimate of drug-likeness (QED) is 0.654. The second-order valence-corrected chi connectivity index (χ2v) is 4.27. The molecular weight excluding hydrogens is 260 g/mol. The molecule has 2 N–H and O–H groups in total. The van der Waals surface area contributed by atoms with Crippen molar-refractivity contribution in [1.29, 1.82) is 0 Å². The van der Waals surface area contributed by atoms with Crippen molar-refractivity contribution < 1.29 is 18.5 Å². The molecule has 0 atom stereocenters. The minimum Gasteiger partial charge on any atom is -0.335 e. The largest absolute Gasteiger partial charge is 0.335 e. The molecule has 0 spiro atoms. The van der Waals surface area contributed by atoms with E-state index in [1.54, 1.807) is 0 Å². The molecule has 8 heteroatoms. The third-order valence-electron chi connectivity index (χ3n) is 2.92. The lowest BCUT2D eigenvalue weighted by Crippen LogP contribution is -2.42. The van der Waals surface area contributed by atoms with Gasteiger partial charge in [-0.1, -0.05) is 0 Å². The number of carbonyl (C=O) groups excluding carboxylic acids is 1. The number of nitro benzene ring substituents is 1. The number of carbonyl (C=O) groups is 1. The molecule has 0 radical (unpaired) electrons. The lowest BCUT2D eigenvalue weighted by molar-refractivity contribution is -0.387. The van der Waals surface area contributed by atoms with Gasteiger partial charge in [-0.05, 0) is 19.3 Å². The lowest BCUT2D eigenvalue weighted by Gasteiger charge is -2.26. The first kappa shape index (κ1) is 13.2. The van der Waals surface area contributed by atoms with Crippen molar-refractivity contribution in [3.63, 3.8) is 0 Å². The van der Waals surface area contributed by atoms with E-state index in [9.17, 15) is 23.7 Å². The third kappa shape index (κ3) is 2.95. The van der Waals surface area contributed by atoms with E-state index in [-0.39, 0.29) is 6.04 Å². The Morgan fingerprint density at radius 2 is 2.00 bits per heavy atom. The Kier molecular flexibility index (Phi) is 3.59. The van der Waals surface area contributed by atoms with Crippen LogP contribution in [0.1, 0.15) is 19.3 Å². The highest BCUT2D eigenvalue weighted by molar-refractivity contribution is 5.90. The summed E-state index contributed by atoms with van der Waals surface area (Å²) in [7, 11) is 0. The zero-order valence-electron chi connectivity index (χ0n) is 9.78. The standard InChI is InChI=1S/C11H11F2N3O3/c12-7-4-8(13)10(16(18)19)5-9(7)15-11(17)14-6-2-1-3-6/h4-6H,1-3H2,(H2,14,15,17). The Balaban J connectivity index is 2.12. The fraction of sp³-hybridized carbons (Fsp3) is 0.364. The first-order chi connectivity index (χ1) is 8.97. The van der Waals surface area contributed by atoms with Gasteiger partial charge in [0.15, 0.2) is 0 Å². The van der Waals surface area contributed by atoms with Crippen LogP contribution in [0.3, 0.4) is 0 Å². The number of halogens is 2. The van der Waals surface area contributed by atoms with Crippen LogP contribution in [0.2, 0.25) is 0 Å². The van der Waals surface area contributed by atoms with Crippen molar-refractivity contribution in [2.75, 3.05) is 5.32 Å². The Morgan fingerprint density at radius 1 is 1.32 bits per heavy atom. The second-order valence-electron chi connectivity index (χ2n) is 4.27. The summed E-state index contributed by atoms with van der Waals surface area (Å²) in [6.45, 7) is 0. The van der Waals surface area contributed by atoms with E-state index in [0.29, 0.717) is 12.1 Å². The van der Waals surface area contributed by atoms with Gasteiger partial charge in [0, 0.05) is 18.2 Å². The van der Waals surface area contributed by atoms with Crippen LogP contribution in [0.5, 0.6) is 0 Å². The summed E-state index contributed by atoms with van der Waals surface area (Å²) in [5.74, 6) is -2.35. The lowest BCUT2D eigenvalue weighted by atomic mass is 9.93. The molecule has 0 unspecified atom stereocenters. The first-order valence-corrected chi connectivity index (χ1v) is 5.68. The number of hydrogen-bond acceptors (Lipinski definition) is 3. The number of urea groups is 1. The van der Waals surface area contributed by atoms with Gasteiger partial charge >= 0.3 is 11.7 Å². The molecule has 6 nitrogen and oxygen atoms in total. The Bertz CT molecular complexity index is 532. The number of anilines is 1. The zero-order valence-corrected chi connectivity index (χ0v) is 9.78. The highest BCUT2D eigenvalue weighted by Crippen LogP contribution is 2.25. The molecule has 0 saturated heterocycles. The second kappa shape index (κ2) is 5.17. The monoisotopic (exact) mass is 271 g/mol. The minimum atomic E-state index is -1.28. The molecule has 0 bridgehead atoms. The summed E-state index contributed by atoms with van der Waals surface area (Å²) < 4.78 is 26.5. The van der Waals surface area contributed by atoms with Gasteiger partial charge in [0.2, 0.25) is 5.82 Å². The van der Waals surface area contributed by atoms with Gasteiger partial charge in [-0.2, -0.15) is 4.39 Å². The van der Waals surface area contributed by atoms with E-state index in [2.05, 4.69) is 10.6 Å². The zero-order chi connectivity index (χ0) is 14.0. The van der Waals surface area contributed by atoms with Crippen LogP contribution in [0.25, 0.3) is 0 Å². The van der Waals surface area contributed by atoms with Gasteiger partial charge in [0.1, 0.15) is 5.82 Å². The van der Waals surface area contributed by atoms with Crippen LogP contribution >= 0.6 is 0 Å². The number of benzene rings is 1. The maximum atomic E-state index is 13.4. The van der Waals surface area contributed by atoms with E-state index >= 15 is 0 Å². The molecule has 0 aromatic heterocycles. The predicted octanol–water partition coefficient (Wildman–Crippen LogP) is 2.55. The highest BCUT2D eigenvalue weighted by atomic mass is 19.1. The van der Waals surface area contributed by atoms with Crippen molar-refractivity contribution in [2.24, 2.45) is 0 Å². The maximum absolute atomic E-state index is 13.4. The van der Waals surface area contributed by atoms with Gasteiger partial charge < -0.3 is 10.6 Å². The fourth-order valence-corrected chi connectivity index (χ4v) is 1.67. The Hall–Kier alpha value is -2.25. The van der Waals surface area contributed by atoms with Gasteiger partial charge in [-0.3, -0.25) is 10.1 Å². The number of rotatable bonds is 3. The SMILES string of the molecule is O=C(Nc1cc([N+](=O)[O-])c(F)cc1F)NC1CCC1. The number of amides is 2. The fourth-order valence-electron chi connectivity index (χ4n) is 1.67. The van der Waals surface area contributed by atoms with Crippen molar-refractivity contribution >= 4 is 17.4 Å². The molecule has 1 fully saturated rings. The van der Waals surface area contributed by atoms with E-state index in [4.69, 9.17) is 0 Å². The van der Waals surface area contributed by atoms with E-state index in [0.717, 1.165) is 19.3 Å². The molecule has 1 aliphatic carbocycles. The van der Waals surface area contributed by atoms with E-state index in [1.165, 1.54) is 0 Å². The topological polar surface area (TPSA) is 84.3 Å². The average Bonchev–Trinajstić information content (AvgIpc) is 2.27. The summed E-state index contributed by atoms with van der Waals surface area (Å²) in [6, 6.07) is 0.408. The normalized spacial score (nSPS) is 14.6. The van der Waals surface area contributed by atoms with Crippen LogP contribution in [-0.4, -0.2) is 17.0 Å². The molecule has 0 heterocycles.